The summed E-state index contributed by atoms with van der Waals surface area (Å²) < 4.78 is 34.4. The van der Waals surface area contributed by atoms with Crippen LogP contribution in [0.15, 0.2) is 54.7 Å². The fraction of sp³-hybridized carbons (Fsp3) is 0.276. The molecule has 0 radical (unpaired) electrons. The quantitative estimate of drug-likeness (QED) is 0.306. The molecular weight excluding hydrogens is 526 g/mol. The van der Waals surface area contributed by atoms with Crippen LogP contribution in [0, 0.1) is 11.6 Å². The van der Waals surface area contributed by atoms with Crippen molar-refractivity contribution in [2.75, 3.05) is 31.1 Å². The van der Waals surface area contributed by atoms with E-state index in [2.05, 4.69) is 4.98 Å². The Morgan fingerprint density at radius 1 is 1.03 bits per heavy atom. The van der Waals surface area contributed by atoms with E-state index in [9.17, 15) is 14.3 Å². The van der Waals surface area contributed by atoms with Crippen LogP contribution >= 0.6 is 11.6 Å². The van der Waals surface area contributed by atoms with Crippen molar-refractivity contribution in [3.63, 3.8) is 0 Å². The summed E-state index contributed by atoms with van der Waals surface area (Å²) in [5.41, 5.74) is 1.03. The second kappa shape index (κ2) is 10.3. The molecule has 0 bridgehead atoms. The van der Waals surface area contributed by atoms with Crippen LogP contribution in [-0.2, 0) is 4.74 Å². The summed E-state index contributed by atoms with van der Waals surface area (Å²) in [4.78, 5) is 25.3. The van der Waals surface area contributed by atoms with Gasteiger partial charge in [-0.2, -0.15) is 0 Å². The van der Waals surface area contributed by atoms with Gasteiger partial charge in [-0.1, -0.05) is 29.8 Å². The minimum Gasteiger partial charge on any atom is -0.504 e. The Kier molecular flexibility index (Phi) is 7.03. The van der Waals surface area contributed by atoms with Gasteiger partial charge in [-0.05, 0) is 45.0 Å². The lowest BCUT2D eigenvalue weighted by molar-refractivity contribution is 0.0240. The standard InChI is InChI=1S/C29H27ClF2N4O3/c1-29(2,3)39-28(38)36-14-12-35(13-15-36)27-26(37)23(19-9-8-17(31)16-22(19)32)20-10-11-33-24(25(20)34-27)18-6-4-5-7-21(18)30/h4-11,16,37H,12-15H2,1-3H3. The topological polar surface area (TPSA) is 78.8 Å². The van der Waals surface area contributed by atoms with Crippen molar-refractivity contribution in [2.24, 2.45) is 0 Å². The number of benzene rings is 2. The first-order valence-corrected chi connectivity index (χ1v) is 12.9. The first kappa shape index (κ1) is 26.6. The number of rotatable bonds is 3. The Balaban J connectivity index is 1.64. The van der Waals surface area contributed by atoms with E-state index >= 15 is 4.39 Å². The molecule has 2 aromatic heterocycles. The third kappa shape index (κ3) is 5.31. The summed E-state index contributed by atoms with van der Waals surface area (Å²) in [6.07, 6.45) is 1.11. The number of nitrogens with zero attached hydrogens (tertiary/aromatic N) is 4. The number of hydrogen-bond acceptors (Lipinski definition) is 6. The van der Waals surface area contributed by atoms with E-state index in [0.29, 0.717) is 53.4 Å². The number of ether oxygens (including phenoxy) is 1. The maximum Gasteiger partial charge on any atom is 0.410 e. The number of halogens is 3. The van der Waals surface area contributed by atoms with Crippen LogP contribution in [0.1, 0.15) is 20.8 Å². The first-order chi connectivity index (χ1) is 18.5. The largest absolute Gasteiger partial charge is 0.504 e. The minimum absolute atomic E-state index is 0.0197. The summed E-state index contributed by atoms with van der Waals surface area (Å²) in [6, 6.07) is 12.0. The maximum absolute atomic E-state index is 15.1. The lowest BCUT2D eigenvalue weighted by Gasteiger charge is -2.36. The highest BCUT2D eigenvalue weighted by Crippen LogP contribution is 2.45. The molecule has 1 aliphatic heterocycles. The summed E-state index contributed by atoms with van der Waals surface area (Å²) in [5.74, 6) is -1.61. The van der Waals surface area contributed by atoms with Crippen molar-refractivity contribution < 1.29 is 23.4 Å². The van der Waals surface area contributed by atoms with E-state index in [1.54, 1.807) is 49.9 Å². The van der Waals surface area contributed by atoms with Gasteiger partial charge in [-0.3, -0.25) is 4.98 Å². The normalized spacial score (nSPS) is 14.1. The fourth-order valence-electron chi connectivity index (χ4n) is 4.63. The van der Waals surface area contributed by atoms with Crippen molar-refractivity contribution in [3.05, 3.63) is 71.4 Å². The molecular formula is C29H27ClF2N4O3. The number of amides is 1. The first-order valence-electron chi connectivity index (χ1n) is 12.5. The van der Waals surface area contributed by atoms with Gasteiger partial charge in [0.05, 0.1) is 16.2 Å². The SMILES string of the molecule is CC(C)(C)OC(=O)N1CCN(c2nc3c(-c4ccccc4Cl)nccc3c(-c3ccc(F)cc3F)c2O)CC1. The van der Waals surface area contributed by atoms with Gasteiger partial charge in [0, 0.05) is 60.5 Å². The molecule has 5 rings (SSSR count). The highest BCUT2D eigenvalue weighted by molar-refractivity contribution is 6.33. The number of piperazine rings is 1. The van der Waals surface area contributed by atoms with Crippen LogP contribution in [0.5, 0.6) is 5.75 Å². The minimum atomic E-state index is -0.824. The number of aromatic nitrogens is 2. The smallest absolute Gasteiger partial charge is 0.410 e. The summed E-state index contributed by atoms with van der Waals surface area (Å²) in [5, 5.41) is 12.4. The van der Waals surface area contributed by atoms with Crippen molar-refractivity contribution in [1.29, 1.82) is 0 Å². The Labute approximate surface area is 229 Å². The van der Waals surface area contributed by atoms with Crippen LogP contribution in [0.3, 0.4) is 0 Å². The summed E-state index contributed by atoms with van der Waals surface area (Å²) in [6.45, 7) is 6.77. The number of hydrogen-bond donors (Lipinski definition) is 1. The van der Waals surface area contributed by atoms with E-state index in [-0.39, 0.29) is 22.7 Å². The molecule has 2 aromatic carbocycles. The molecule has 0 atom stereocenters. The molecule has 1 fully saturated rings. The van der Waals surface area contributed by atoms with Crippen molar-refractivity contribution >= 4 is 34.4 Å². The zero-order chi connectivity index (χ0) is 27.9. The average Bonchev–Trinajstić information content (AvgIpc) is 2.88. The van der Waals surface area contributed by atoms with Gasteiger partial charge in [0.15, 0.2) is 11.6 Å². The Bertz CT molecular complexity index is 1570. The molecule has 3 heterocycles. The molecule has 1 amide bonds. The van der Waals surface area contributed by atoms with Crippen molar-refractivity contribution in [3.8, 4) is 28.1 Å². The highest BCUT2D eigenvalue weighted by atomic mass is 35.5. The second-order valence-corrected chi connectivity index (χ2v) is 10.7. The molecule has 1 N–H and O–H groups in total. The molecule has 10 heteroatoms. The van der Waals surface area contributed by atoms with Gasteiger partial charge < -0.3 is 19.6 Å². The lowest BCUT2D eigenvalue weighted by atomic mass is 9.97. The van der Waals surface area contributed by atoms with E-state index in [0.717, 1.165) is 12.1 Å². The second-order valence-electron chi connectivity index (χ2n) is 10.3. The Morgan fingerprint density at radius 2 is 1.74 bits per heavy atom. The molecule has 39 heavy (non-hydrogen) atoms. The molecule has 4 aromatic rings. The van der Waals surface area contributed by atoms with Gasteiger partial charge in [0.25, 0.3) is 0 Å². The van der Waals surface area contributed by atoms with E-state index in [1.165, 1.54) is 12.3 Å². The number of carbonyl (C=O) groups is 1. The van der Waals surface area contributed by atoms with Gasteiger partial charge in [0.2, 0.25) is 0 Å². The zero-order valence-corrected chi connectivity index (χ0v) is 22.5. The van der Waals surface area contributed by atoms with Gasteiger partial charge >= 0.3 is 6.09 Å². The Morgan fingerprint density at radius 3 is 2.41 bits per heavy atom. The fourth-order valence-corrected chi connectivity index (χ4v) is 4.86. The molecule has 0 spiro atoms. The van der Waals surface area contributed by atoms with Crippen LogP contribution < -0.4 is 4.90 Å². The summed E-state index contributed by atoms with van der Waals surface area (Å²) in [7, 11) is 0. The summed E-state index contributed by atoms with van der Waals surface area (Å²) >= 11 is 6.49. The molecule has 0 unspecified atom stereocenters. The molecule has 0 saturated carbocycles. The molecule has 7 nitrogen and oxygen atoms in total. The third-order valence-corrected chi connectivity index (χ3v) is 6.75. The van der Waals surface area contributed by atoms with E-state index in [1.807, 2.05) is 11.0 Å². The number of pyridine rings is 2. The molecule has 1 aliphatic rings. The van der Waals surface area contributed by atoms with E-state index in [4.69, 9.17) is 21.3 Å². The number of fused-ring (bicyclic) bond motifs is 1. The van der Waals surface area contributed by atoms with Crippen LogP contribution in [0.4, 0.5) is 19.4 Å². The molecule has 0 aliphatic carbocycles. The monoisotopic (exact) mass is 552 g/mol. The van der Waals surface area contributed by atoms with Crippen LogP contribution in [0.25, 0.3) is 33.3 Å². The predicted octanol–water partition coefficient (Wildman–Crippen LogP) is 6.66. The molecule has 202 valence electrons. The highest BCUT2D eigenvalue weighted by Gasteiger charge is 2.30. The molecule has 1 saturated heterocycles. The van der Waals surface area contributed by atoms with Crippen molar-refractivity contribution in [2.45, 2.75) is 26.4 Å². The van der Waals surface area contributed by atoms with Crippen LogP contribution in [-0.4, -0.2) is 57.8 Å². The predicted molar refractivity (Wildman–Crippen MR) is 147 cm³/mol. The third-order valence-electron chi connectivity index (χ3n) is 6.42. The van der Waals surface area contributed by atoms with Gasteiger partial charge in [-0.15, -0.1) is 0 Å². The van der Waals surface area contributed by atoms with Crippen LogP contribution in [0.2, 0.25) is 5.02 Å². The number of anilines is 1. The number of aromatic hydroxyl groups is 1. The van der Waals surface area contributed by atoms with Gasteiger partial charge in [-0.25, -0.2) is 18.6 Å². The number of carbonyl (C=O) groups excluding carboxylic acids is 1. The Hall–Kier alpha value is -3.98. The average molecular weight is 553 g/mol. The van der Waals surface area contributed by atoms with Crippen molar-refractivity contribution in [1.82, 2.24) is 14.9 Å². The van der Waals surface area contributed by atoms with E-state index < -0.39 is 23.3 Å². The van der Waals surface area contributed by atoms with Gasteiger partial charge in [0.1, 0.15) is 17.2 Å². The lowest BCUT2D eigenvalue weighted by Crippen LogP contribution is -2.50. The maximum atomic E-state index is 15.1. The zero-order valence-electron chi connectivity index (χ0n) is 21.7.